The van der Waals surface area contributed by atoms with Crippen LogP contribution in [0, 0.1) is 0 Å². The van der Waals surface area contributed by atoms with Crippen molar-refractivity contribution >= 4 is 11.8 Å². The van der Waals surface area contributed by atoms with Crippen molar-refractivity contribution in [3.63, 3.8) is 0 Å². The number of thioether (sulfide) groups is 1. The van der Waals surface area contributed by atoms with Gasteiger partial charge in [0.1, 0.15) is 0 Å². The summed E-state index contributed by atoms with van der Waals surface area (Å²) < 4.78 is 0. The highest BCUT2D eigenvalue weighted by molar-refractivity contribution is 7.99. The van der Waals surface area contributed by atoms with Crippen LogP contribution in [0.15, 0.2) is 0 Å². The van der Waals surface area contributed by atoms with Crippen LogP contribution in [0.1, 0.15) is 26.7 Å². The molecule has 0 radical (unpaired) electrons. The zero-order valence-electron chi connectivity index (χ0n) is 6.89. The second-order valence-corrected chi connectivity index (χ2v) is 4.43. The van der Waals surface area contributed by atoms with Crippen molar-refractivity contribution in [2.24, 2.45) is 0 Å². The Balaban J connectivity index is 2.13. The third-order valence-electron chi connectivity index (χ3n) is 1.79. The number of nitrogens with one attached hydrogen (secondary N) is 1. The van der Waals surface area contributed by atoms with Crippen LogP contribution in [0.5, 0.6) is 0 Å². The average Bonchev–Trinajstić information content (AvgIpc) is 1.88. The van der Waals surface area contributed by atoms with Crippen LogP contribution >= 0.6 is 11.8 Å². The van der Waals surface area contributed by atoms with Crippen LogP contribution in [-0.2, 0) is 0 Å². The Labute approximate surface area is 68.0 Å². The molecule has 0 unspecified atom stereocenters. The van der Waals surface area contributed by atoms with Gasteiger partial charge in [-0.15, -0.1) is 0 Å². The molecule has 0 amide bonds. The third kappa shape index (κ3) is 2.93. The first-order valence-corrected chi connectivity index (χ1v) is 5.28. The minimum absolute atomic E-state index is 0.660. The fourth-order valence-corrected chi connectivity index (χ4v) is 2.44. The lowest BCUT2D eigenvalue weighted by atomic mass is 10.1. The molecule has 1 aliphatic rings. The Bertz CT molecular complexity index is 87.3. The van der Waals surface area contributed by atoms with E-state index in [9.17, 15) is 0 Å². The summed E-state index contributed by atoms with van der Waals surface area (Å²) in [6.45, 7) is 4.45. The molecule has 0 aromatic rings. The van der Waals surface area contributed by atoms with Crippen LogP contribution in [0.2, 0.25) is 0 Å². The van der Waals surface area contributed by atoms with Gasteiger partial charge in [-0.1, -0.05) is 13.8 Å². The molecule has 60 valence electrons. The second-order valence-electron chi connectivity index (χ2n) is 3.21. The predicted octanol–water partition coefficient (Wildman–Crippen LogP) is 1.88. The first kappa shape index (κ1) is 8.41. The fourth-order valence-electron chi connectivity index (χ4n) is 1.34. The van der Waals surface area contributed by atoms with Crippen molar-refractivity contribution in [2.75, 3.05) is 11.5 Å². The standard InChI is InChI=1S/C8H17NS/c1-7(2)9-8-3-5-10-6-4-8/h7-9H,3-6H2,1-2H3. The van der Waals surface area contributed by atoms with Gasteiger partial charge >= 0.3 is 0 Å². The van der Waals surface area contributed by atoms with Gasteiger partial charge in [0.15, 0.2) is 0 Å². The smallest absolute Gasteiger partial charge is 0.00851 e. The third-order valence-corrected chi connectivity index (χ3v) is 2.84. The van der Waals surface area contributed by atoms with Crippen LogP contribution in [0.25, 0.3) is 0 Å². The molecule has 0 atom stereocenters. The van der Waals surface area contributed by atoms with Gasteiger partial charge in [-0.2, -0.15) is 11.8 Å². The maximum atomic E-state index is 3.57. The average molecular weight is 159 g/mol. The van der Waals surface area contributed by atoms with Gasteiger partial charge in [-0.05, 0) is 24.3 Å². The molecule has 0 aliphatic carbocycles. The molecular weight excluding hydrogens is 142 g/mol. The molecule has 1 fully saturated rings. The number of hydrogen-bond donors (Lipinski definition) is 1. The minimum atomic E-state index is 0.660. The molecule has 10 heavy (non-hydrogen) atoms. The molecule has 0 saturated carbocycles. The monoisotopic (exact) mass is 159 g/mol. The maximum absolute atomic E-state index is 3.57. The normalized spacial score (nSPS) is 21.9. The largest absolute Gasteiger partial charge is 0.312 e. The molecule has 1 N–H and O–H groups in total. The van der Waals surface area contributed by atoms with E-state index in [1.807, 2.05) is 0 Å². The molecule has 1 saturated heterocycles. The summed E-state index contributed by atoms with van der Waals surface area (Å²) in [7, 11) is 0. The van der Waals surface area contributed by atoms with Gasteiger partial charge in [0.05, 0.1) is 0 Å². The molecule has 1 nitrogen and oxygen atoms in total. The highest BCUT2D eigenvalue weighted by Crippen LogP contribution is 2.16. The van der Waals surface area contributed by atoms with Gasteiger partial charge in [0.25, 0.3) is 0 Å². The lowest BCUT2D eigenvalue weighted by Crippen LogP contribution is -2.37. The van der Waals surface area contributed by atoms with Crippen LogP contribution in [-0.4, -0.2) is 23.6 Å². The van der Waals surface area contributed by atoms with E-state index >= 15 is 0 Å². The fraction of sp³-hybridized carbons (Fsp3) is 1.00. The van der Waals surface area contributed by atoms with Crippen molar-refractivity contribution in [1.29, 1.82) is 0 Å². The Morgan fingerprint density at radius 1 is 1.30 bits per heavy atom. The Kier molecular flexibility index (Phi) is 3.57. The van der Waals surface area contributed by atoms with E-state index in [2.05, 4.69) is 30.9 Å². The molecular formula is C8H17NS. The lowest BCUT2D eigenvalue weighted by molar-refractivity contribution is 0.440. The minimum Gasteiger partial charge on any atom is -0.312 e. The van der Waals surface area contributed by atoms with Crippen LogP contribution < -0.4 is 5.32 Å². The molecule has 1 rings (SSSR count). The molecule has 0 bridgehead atoms. The highest BCUT2D eigenvalue weighted by atomic mass is 32.2. The van der Waals surface area contributed by atoms with E-state index in [-0.39, 0.29) is 0 Å². The Morgan fingerprint density at radius 2 is 1.90 bits per heavy atom. The molecule has 1 aliphatic heterocycles. The number of hydrogen-bond acceptors (Lipinski definition) is 2. The summed E-state index contributed by atoms with van der Waals surface area (Å²) in [6, 6.07) is 1.47. The SMILES string of the molecule is CC(C)NC1CCSCC1. The summed E-state index contributed by atoms with van der Waals surface area (Å²) in [4.78, 5) is 0. The van der Waals surface area contributed by atoms with Crippen molar-refractivity contribution < 1.29 is 0 Å². The Morgan fingerprint density at radius 3 is 2.40 bits per heavy atom. The molecule has 2 heteroatoms. The van der Waals surface area contributed by atoms with E-state index in [0.29, 0.717) is 6.04 Å². The van der Waals surface area contributed by atoms with Gasteiger partial charge in [0, 0.05) is 12.1 Å². The molecule has 0 aromatic carbocycles. The Hall–Kier alpha value is 0.310. The number of rotatable bonds is 2. The summed E-state index contributed by atoms with van der Waals surface area (Å²) in [6.07, 6.45) is 2.73. The van der Waals surface area contributed by atoms with E-state index in [1.54, 1.807) is 0 Å². The summed E-state index contributed by atoms with van der Waals surface area (Å²) in [5.74, 6) is 2.70. The maximum Gasteiger partial charge on any atom is 0.00851 e. The zero-order chi connectivity index (χ0) is 7.40. The predicted molar refractivity (Wildman–Crippen MR) is 48.6 cm³/mol. The van der Waals surface area contributed by atoms with E-state index in [0.717, 1.165) is 6.04 Å². The van der Waals surface area contributed by atoms with E-state index in [4.69, 9.17) is 0 Å². The van der Waals surface area contributed by atoms with Crippen molar-refractivity contribution in [1.82, 2.24) is 5.32 Å². The first-order chi connectivity index (χ1) is 4.79. The highest BCUT2D eigenvalue weighted by Gasteiger charge is 2.13. The van der Waals surface area contributed by atoms with Gasteiger partial charge in [-0.3, -0.25) is 0 Å². The van der Waals surface area contributed by atoms with Crippen LogP contribution in [0.3, 0.4) is 0 Å². The van der Waals surface area contributed by atoms with Gasteiger partial charge in [-0.25, -0.2) is 0 Å². The van der Waals surface area contributed by atoms with Crippen molar-refractivity contribution in [3.05, 3.63) is 0 Å². The quantitative estimate of drug-likeness (QED) is 0.660. The summed E-state index contributed by atoms with van der Waals surface area (Å²) in [5, 5.41) is 3.57. The first-order valence-electron chi connectivity index (χ1n) is 4.13. The topological polar surface area (TPSA) is 12.0 Å². The van der Waals surface area contributed by atoms with E-state index < -0.39 is 0 Å². The lowest BCUT2D eigenvalue weighted by Gasteiger charge is -2.24. The summed E-state index contributed by atoms with van der Waals surface area (Å²) in [5.41, 5.74) is 0. The van der Waals surface area contributed by atoms with Gasteiger partial charge in [0.2, 0.25) is 0 Å². The van der Waals surface area contributed by atoms with Crippen LogP contribution in [0.4, 0.5) is 0 Å². The van der Waals surface area contributed by atoms with Crippen molar-refractivity contribution in [3.8, 4) is 0 Å². The second kappa shape index (κ2) is 4.24. The van der Waals surface area contributed by atoms with Crippen molar-refractivity contribution in [2.45, 2.75) is 38.8 Å². The van der Waals surface area contributed by atoms with Gasteiger partial charge < -0.3 is 5.32 Å². The molecule has 0 spiro atoms. The summed E-state index contributed by atoms with van der Waals surface area (Å²) >= 11 is 2.09. The molecule has 1 heterocycles. The molecule has 0 aromatic heterocycles. The van der Waals surface area contributed by atoms with E-state index in [1.165, 1.54) is 24.3 Å². The zero-order valence-corrected chi connectivity index (χ0v) is 7.71.